The largest absolute Gasteiger partial charge is 0.481 e. The van der Waals surface area contributed by atoms with Gasteiger partial charge in [-0.05, 0) is 0 Å². The number of aliphatic hydroxyl groups excluding tert-OH is 2. The molecule has 3 heterocycles. The molecule has 11 N–H and O–H groups in total. The Labute approximate surface area is 321 Å². The van der Waals surface area contributed by atoms with Gasteiger partial charge in [-0.2, -0.15) is 12.7 Å². The zero-order chi connectivity index (χ0) is 42.3. The Morgan fingerprint density at radius 2 is 1.71 bits per heavy atom. The molecular weight excluding hydrogens is 863 g/mol. The minimum Gasteiger partial charge on any atom is -0.386 e. The van der Waals surface area contributed by atoms with Crippen molar-refractivity contribution in [2.75, 3.05) is 43.5 Å². The number of carbonyl (C=O) groups is 3. The van der Waals surface area contributed by atoms with E-state index in [4.69, 9.17) is 24.1 Å². The van der Waals surface area contributed by atoms with Crippen LogP contribution in [0.25, 0.3) is 11.2 Å². The number of nitrogens with two attached hydrogens (primary N) is 1. The third kappa shape index (κ3) is 15.0. The quantitative estimate of drug-likeness (QED) is 0.0345. The summed E-state index contributed by atoms with van der Waals surface area (Å²) in [6, 6.07) is 0. The Hall–Kier alpha value is -2.53. The summed E-state index contributed by atoms with van der Waals surface area (Å²) in [5.74, 6) is -2.30. The predicted octanol–water partition coefficient (Wildman–Crippen LogP) is -2.06. The average Bonchev–Trinajstić information content (AvgIpc) is 3.63. The Morgan fingerprint density at radius 1 is 1.05 bits per heavy atom. The lowest BCUT2D eigenvalue weighted by Crippen LogP contribution is -2.46. The van der Waals surface area contributed by atoms with Gasteiger partial charge in [0, 0.05) is 37.1 Å². The monoisotopic (exact) mass is 903 g/mol. The molecule has 0 aromatic carbocycles. The van der Waals surface area contributed by atoms with Gasteiger partial charge in [-0.25, -0.2) is 28.6 Å². The summed E-state index contributed by atoms with van der Waals surface area (Å²) < 4.78 is 91.9. The highest BCUT2D eigenvalue weighted by molar-refractivity contribution is 8.13. The second-order valence-electron chi connectivity index (χ2n) is 12.3. The summed E-state index contributed by atoms with van der Waals surface area (Å²) in [6.07, 6.45) is -7.60. The van der Waals surface area contributed by atoms with E-state index < -0.39 is 112 Å². The number of nitrogens with one attached hydrogen (secondary N) is 2. The molecule has 27 nitrogen and oxygen atoms in total. The van der Waals surface area contributed by atoms with E-state index in [0.29, 0.717) is 0 Å². The first-order valence-electron chi connectivity index (χ1n) is 15.7. The lowest BCUT2D eigenvalue weighted by molar-refractivity contribution is -0.137. The molecule has 2 aromatic rings. The number of thioether (sulfide) groups is 1. The van der Waals surface area contributed by atoms with Crippen LogP contribution in [-0.4, -0.2) is 141 Å². The number of aromatic nitrogens is 4. The Balaban J connectivity index is 1.48. The van der Waals surface area contributed by atoms with E-state index in [2.05, 4.69) is 34.4 Å². The first kappa shape index (κ1) is 47.8. The van der Waals surface area contributed by atoms with Crippen molar-refractivity contribution in [1.29, 1.82) is 0 Å². The maximum atomic E-state index is 12.6. The number of hydrogen-bond donors (Lipinski definition) is 10. The molecule has 2 aromatic heterocycles. The second kappa shape index (κ2) is 19.5. The van der Waals surface area contributed by atoms with E-state index in [1.807, 2.05) is 0 Å². The molecule has 0 bridgehead atoms. The van der Waals surface area contributed by atoms with Gasteiger partial charge in [0.2, 0.25) is 11.8 Å². The lowest BCUT2D eigenvalue weighted by atomic mass is 9.87. The normalized spacial score (nSPS) is 21.9. The van der Waals surface area contributed by atoms with Crippen LogP contribution in [-0.2, 0) is 60.8 Å². The number of rotatable bonds is 22. The SMILES string of the molecule is CC(C)(COP(=O)(O)OP(=O)(O)OC[C@H]1O[C@@H](n2cnc3c(N)ncnc32)[C@H](O)[C@@H]1OP(=O)(O)O)[C@@H](O)C(=O)NCCC(=O)NCCSC(=O)CCS(=O)(=O)O. The van der Waals surface area contributed by atoms with Crippen LogP contribution in [0.1, 0.15) is 32.9 Å². The number of fused-ring (bicyclic) bond motifs is 1. The number of anilines is 1. The first-order valence-corrected chi connectivity index (χ1v) is 22.8. The van der Waals surface area contributed by atoms with Crippen LogP contribution in [0.5, 0.6) is 0 Å². The van der Waals surface area contributed by atoms with Gasteiger partial charge in [0.1, 0.15) is 36.3 Å². The van der Waals surface area contributed by atoms with Crippen LogP contribution < -0.4 is 16.4 Å². The molecule has 0 spiro atoms. The van der Waals surface area contributed by atoms with E-state index in [1.165, 1.54) is 13.8 Å². The van der Waals surface area contributed by atoms with Crippen molar-refractivity contribution in [2.45, 2.75) is 57.3 Å². The molecule has 0 saturated carbocycles. The van der Waals surface area contributed by atoms with Crippen LogP contribution in [0, 0.1) is 5.41 Å². The van der Waals surface area contributed by atoms with Gasteiger partial charge in [0.05, 0.1) is 25.3 Å². The molecule has 0 radical (unpaired) electrons. The number of carbonyl (C=O) groups excluding carboxylic acids is 3. The number of aliphatic hydroxyl groups is 2. The number of phosphoric ester groups is 3. The van der Waals surface area contributed by atoms with Gasteiger partial charge in [0.25, 0.3) is 10.1 Å². The van der Waals surface area contributed by atoms with E-state index >= 15 is 0 Å². The van der Waals surface area contributed by atoms with E-state index in [9.17, 15) is 66.3 Å². The first-order chi connectivity index (χ1) is 25.7. The van der Waals surface area contributed by atoms with Gasteiger partial charge in [-0.1, -0.05) is 25.6 Å². The van der Waals surface area contributed by atoms with Gasteiger partial charge < -0.3 is 50.9 Å². The third-order valence-electron chi connectivity index (χ3n) is 7.33. The predicted molar refractivity (Wildman–Crippen MR) is 188 cm³/mol. The van der Waals surface area contributed by atoms with Crippen LogP contribution >= 0.6 is 35.2 Å². The molecule has 0 aliphatic carbocycles. The van der Waals surface area contributed by atoms with Gasteiger partial charge in [-0.3, -0.25) is 37.1 Å². The molecule has 2 amide bonds. The number of phosphoric acid groups is 3. The number of amides is 2. The number of nitrogens with zero attached hydrogens (tertiary/aromatic N) is 4. The van der Waals surface area contributed by atoms with Crippen molar-refractivity contribution in [3.63, 3.8) is 0 Å². The summed E-state index contributed by atoms with van der Waals surface area (Å²) in [4.78, 5) is 86.9. The summed E-state index contributed by atoms with van der Waals surface area (Å²) in [6.45, 7) is 0.0566. The Morgan fingerprint density at radius 3 is 2.36 bits per heavy atom. The highest BCUT2D eigenvalue weighted by atomic mass is 32.2. The maximum Gasteiger partial charge on any atom is 0.481 e. The molecule has 1 aliphatic rings. The van der Waals surface area contributed by atoms with Gasteiger partial charge in [0.15, 0.2) is 22.8 Å². The van der Waals surface area contributed by atoms with Crippen LogP contribution in [0.3, 0.4) is 0 Å². The standard InChI is InChI=1S/C24H40N7O20P3S2/c1-24(2,19(35)22(36)27-5-3-14(32)26-6-7-55-15(33)4-8-56(44,45)46)10-48-54(42,43)51-53(40,41)47-9-13-18(50-52(37,38)39)17(34)23(49-13)31-12-30-16-20(25)28-11-29-21(16)31/h11-13,17-19,23,34-35H,3-10H2,1-2H3,(H,26,32)(H,27,36)(H,40,41)(H,42,43)(H2,25,28,29)(H2,37,38,39)(H,44,45,46)/t13-,17-,18-,19+,23-/m1/s1. The lowest BCUT2D eigenvalue weighted by Gasteiger charge is -2.30. The molecule has 1 fully saturated rings. The fraction of sp³-hybridized carbons (Fsp3) is 0.667. The Bertz CT molecular complexity index is 1980. The topological polar surface area (TPSA) is 418 Å². The van der Waals surface area contributed by atoms with Crippen molar-refractivity contribution < 1.29 is 93.5 Å². The molecule has 3 rings (SSSR count). The van der Waals surface area contributed by atoms with E-state index in [0.717, 1.165) is 29.0 Å². The smallest absolute Gasteiger partial charge is 0.386 e. The molecule has 1 aliphatic heterocycles. The fourth-order valence-corrected chi connectivity index (χ4v) is 8.66. The summed E-state index contributed by atoms with van der Waals surface area (Å²) in [5.41, 5.74) is 4.17. The highest BCUT2D eigenvalue weighted by Gasteiger charge is 2.50. The molecule has 56 heavy (non-hydrogen) atoms. The zero-order valence-electron chi connectivity index (χ0n) is 29.2. The minimum absolute atomic E-state index is 0.0109. The number of ether oxygens (including phenoxy) is 1. The number of imidazole rings is 1. The van der Waals surface area contributed by atoms with Crippen molar-refractivity contribution in [2.24, 2.45) is 5.41 Å². The molecule has 2 unspecified atom stereocenters. The molecule has 318 valence electrons. The fourth-order valence-electron chi connectivity index (χ4n) is 4.58. The van der Waals surface area contributed by atoms with Gasteiger partial charge in [-0.15, -0.1) is 0 Å². The molecule has 32 heteroatoms. The second-order valence-corrected chi connectivity index (χ2v) is 19.3. The molecule has 7 atom stereocenters. The zero-order valence-corrected chi connectivity index (χ0v) is 33.5. The van der Waals surface area contributed by atoms with Gasteiger partial charge >= 0.3 is 23.5 Å². The third-order valence-corrected chi connectivity index (χ3v) is 12.1. The van der Waals surface area contributed by atoms with Crippen molar-refractivity contribution in [3.8, 4) is 0 Å². The maximum absolute atomic E-state index is 12.6. The van der Waals surface area contributed by atoms with Crippen molar-refractivity contribution in [1.82, 2.24) is 30.2 Å². The van der Waals surface area contributed by atoms with E-state index in [1.54, 1.807) is 0 Å². The number of hydrogen-bond acceptors (Lipinski definition) is 20. The minimum atomic E-state index is -5.60. The molecular formula is C24H40N7O20P3S2. The average molecular weight is 904 g/mol. The summed E-state index contributed by atoms with van der Waals surface area (Å²) in [5, 5.41) is 25.6. The Kier molecular flexibility index (Phi) is 16.6. The van der Waals surface area contributed by atoms with Crippen molar-refractivity contribution in [3.05, 3.63) is 12.7 Å². The summed E-state index contributed by atoms with van der Waals surface area (Å²) in [7, 11) is -20.8. The van der Waals surface area contributed by atoms with Crippen molar-refractivity contribution >= 4 is 79.3 Å². The summed E-state index contributed by atoms with van der Waals surface area (Å²) >= 11 is 0.735. The highest BCUT2D eigenvalue weighted by Crippen LogP contribution is 2.61. The molecule has 1 saturated heterocycles. The van der Waals surface area contributed by atoms with E-state index in [-0.39, 0.29) is 42.2 Å². The van der Waals surface area contributed by atoms with Crippen LogP contribution in [0.4, 0.5) is 5.82 Å². The number of nitrogen functional groups attached to an aromatic ring is 1. The van der Waals surface area contributed by atoms with Crippen LogP contribution in [0.15, 0.2) is 12.7 Å². The van der Waals surface area contributed by atoms with Crippen LogP contribution in [0.2, 0.25) is 0 Å².